The second-order valence-corrected chi connectivity index (χ2v) is 6.02. The molecule has 75 valence electrons. The van der Waals surface area contributed by atoms with Gasteiger partial charge in [0, 0.05) is 0 Å². The maximum atomic E-state index is 2.39. The molecule has 1 rings (SSSR count). The fourth-order valence-corrected chi connectivity index (χ4v) is 3.07. The smallest absolute Gasteiger partial charge is 0.0199 e. The Balaban J connectivity index is 2.78. The van der Waals surface area contributed by atoms with Crippen molar-refractivity contribution in [1.29, 1.82) is 0 Å². The zero-order chi connectivity index (χ0) is 10.1. The number of allylic oxidation sites excluding steroid dienone is 2. The van der Waals surface area contributed by atoms with E-state index in [1.807, 2.05) is 0 Å². The third kappa shape index (κ3) is 3.17. The van der Waals surface area contributed by atoms with Crippen molar-refractivity contribution < 1.29 is 0 Å². The summed E-state index contributed by atoms with van der Waals surface area (Å²) >= 11 is 0. The van der Waals surface area contributed by atoms with Crippen molar-refractivity contribution in [2.75, 3.05) is 0 Å². The Bertz CT molecular complexity index is 188. The highest BCUT2D eigenvalue weighted by molar-refractivity contribution is 5.15. The molecule has 0 nitrogen and oxygen atoms in total. The Morgan fingerprint density at radius 3 is 1.85 bits per heavy atom. The van der Waals surface area contributed by atoms with Gasteiger partial charge in [0.2, 0.25) is 0 Å². The monoisotopic (exact) mass is 179 g/mol. The van der Waals surface area contributed by atoms with Crippen molar-refractivity contribution in [3.05, 3.63) is 18.1 Å². The highest BCUT2D eigenvalue weighted by Crippen LogP contribution is 2.47. The third-order valence-electron chi connectivity index (χ3n) is 2.77. The van der Waals surface area contributed by atoms with Crippen LogP contribution in [0.5, 0.6) is 0 Å². The lowest BCUT2D eigenvalue weighted by Crippen LogP contribution is -2.29. The van der Waals surface area contributed by atoms with Crippen LogP contribution in [0.25, 0.3) is 0 Å². The van der Waals surface area contributed by atoms with Gasteiger partial charge < -0.3 is 0 Å². The quantitative estimate of drug-likeness (QED) is 0.560. The van der Waals surface area contributed by atoms with E-state index in [-0.39, 0.29) is 0 Å². The van der Waals surface area contributed by atoms with Crippen LogP contribution in [0.3, 0.4) is 0 Å². The first-order valence-electron chi connectivity index (χ1n) is 5.32. The van der Waals surface area contributed by atoms with Crippen LogP contribution in [0.2, 0.25) is 0 Å². The second-order valence-electron chi connectivity index (χ2n) is 6.02. The molecule has 0 aliphatic heterocycles. The van der Waals surface area contributed by atoms with Gasteiger partial charge in [-0.15, -0.1) is 0 Å². The van der Waals surface area contributed by atoms with Crippen molar-refractivity contribution in [2.24, 2.45) is 10.8 Å². The van der Waals surface area contributed by atoms with Gasteiger partial charge in [-0.25, -0.2) is 0 Å². The molecule has 13 heavy (non-hydrogen) atoms. The lowest BCUT2D eigenvalue weighted by atomic mass is 9.63. The molecule has 1 aliphatic rings. The Labute approximate surface area is 83.4 Å². The van der Waals surface area contributed by atoms with E-state index in [2.05, 4.69) is 47.1 Å². The minimum Gasteiger partial charge on any atom is -0.0819 e. The van der Waals surface area contributed by atoms with E-state index in [0.29, 0.717) is 10.8 Å². The molecular formula is C13H23. The Morgan fingerprint density at radius 1 is 1.00 bits per heavy atom. The summed E-state index contributed by atoms with van der Waals surface area (Å²) in [5.74, 6) is 0. The summed E-state index contributed by atoms with van der Waals surface area (Å²) in [6, 6.07) is 0. The van der Waals surface area contributed by atoms with E-state index in [1.165, 1.54) is 19.3 Å². The predicted molar refractivity (Wildman–Crippen MR) is 59.5 cm³/mol. The maximum absolute atomic E-state index is 2.39. The van der Waals surface area contributed by atoms with Gasteiger partial charge in [0.1, 0.15) is 0 Å². The van der Waals surface area contributed by atoms with Crippen molar-refractivity contribution >= 4 is 0 Å². The van der Waals surface area contributed by atoms with Gasteiger partial charge in [0.15, 0.2) is 0 Å². The molecule has 0 aromatic heterocycles. The molecule has 1 fully saturated rings. The van der Waals surface area contributed by atoms with E-state index in [0.717, 1.165) is 0 Å². The summed E-state index contributed by atoms with van der Waals surface area (Å²) < 4.78 is 0. The summed E-state index contributed by atoms with van der Waals surface area (Å²) in [6.07, 6.45) is 8.39. The van der Waals surface area contributed by atoms with Gasteiger partial charge in [-0.2, -0.15) is 0 Å². The van der Waals surface area contributed by atoms with Gasteiger partial charge >= 0.3 is 0 Å². The van der Waals surface area contributed by atoms with Gasteiger partial charge in [-0.3, -0.25) is 0 Å². The molecule has 1 saturated carbocycles. The van der Waals surface area contributed by atoms with Crippen LogP contribution in [0.15, 0.2) is 11.6 Å². The first-order valence-corrected chi connectivity index (χ1v) is 5.32. The molecule has 0 aromatic carbocycles. The highest BCUT2D eigenvalue weighted by Gasteiger charge is 2.35. The van der Waals surface area contributed by atoms with Crippen LogP contribution in [0.4, 0.5) is 0 Å². The second kappa shape index (κ2) is 3.48. The average Bonchev–Trinajstić information content (AvgIpc) is 1.78. The maximum Gasteiger partial charge on any atom is -0.0199 e. The van der Waals surface area contributed by atoms with Crippen molar-refractivity contribution in [3.8, 4) is 0 Å². The zero-order valence-electron chi connectivity index (χ0n) is 9.78. The largest absolute Gasteiger partial charge is 0.0819 e. The minimum atomic E-state index is 0.497. The SMILES string of the molecule is C[CH]C=C1CC(C)(C)CC(C)(C)C1. The van der Waals surface area contributed by atoms with Gasteiger partial charge in [0.25, 0.3) is 0 Å². The highest BCUT2D eigenvalue weighted by atomic mass is 14.4. The van der Waals surface area contributed by atoms with Crippen LogP contribution >= 0.6 is 0 Å². The molecular weight excluding hydrogens is 156 g/mol. The summed E-state index contributed by atoms with van der Waals surface area (Å²) in [4.78, 5) is 0. The van der Waals surface area contributed by atoms with Gasteiger partial charge in [0.05, 0.1) is 0 Å². The lowest BCUT2D eigenvalue weighted by Gasteiger charge is -2.42. The summed E-state index contributed by atoms with van der Waals surface area (Å²) in [7, 11) is 0. The standard InChI is InChI=1S/C13H23/c1-6-7-11-8-12(2,3)10-13(4,5)9-11/h6-7H,8-10H2,1-5H3. The van der Waals surface area contributed by atoms with Crippen LogP contribution in [-0.4, -0.2) is 0 Å². The topological polar surface area (TPSA) is 0 Å². The average molecular weight is 179 g/mol. The van der Waals surface area contributed by atoms with Crippen molar-refractivity contribution in [2.45, 2.75) is 53.9 Å². The molecule has 1 aliphatic carbocycles. The van der Waals surface area contributed by atoms with Crippen LogP contribution in [0.1, 0.15) is 53.9 Å². The van der Waals surface area contributed by atoms with E-state index in [9.17, 15) is 0 Å². The fourth-order valence-electron chi connectivity index (χ4n) is 3.07. The summed E-state index contributed by atoms with van der Waals surface area (Å²) in [6.45, 7) is 11.7. The molecule has 0 spiro atoms. The molecule has 0 atom stereocenters. The van der Waals surface area contributed by atoms with Crippen molar-refractivity contribution in [1.82, 2.24) is 0 Å². The number of hydrogen-bond donors (Lipinski definition) is 0. The van der Waals surface area contributed by atoms with Crippen LogP contribution in [-0.2, 0) is 0 Å². The van der Waals surface area contributed by atoms with Gasteiger partial charge in [-0.05, 0) is 36.5 Å². The van der Waals surface area contributed by atoms with E-state index >= 15 is 0 Å². The molecule has 0 heteroatoms. The lowest BCUT2D eigenvalue weighted by molar-refractivity contribution is 0.154. The molecule has 0 aromatic rings. The van der Waals surface area contributed by atoms with Crippen LogP contribution in [0, 0.1) is 17.3 Å². The van der Waals surface area contributed by atoms with E-state index in [4.69, 9.17) is 0 Å². The molecule has 0 unspecified atom stereocenters. The molecule has 0 amide bonds. The Kier molecular flexibility index (Phi) is 2.89. The molecule has 0 saturated heterocycles. The first kappa shape index (κ1) is 10.8. The zero-order valence-corrected chi connectivity index (χ0v) is 9.78. The van der Waals surface area contributed by atoms with Gasteiger partial charge in [-0.1, -0.05) is 46.3 Å². The molecule has 0 bridgehead atoms. The van der Waals surface area contributed by atoms with E-state index < -0.39 is 0 Å². The van der Waals surface area contributed by atoms with Crippen molar-refractivity contribution in [3.63, 3.8) is 0 Å². The summed E-state index contributed by atoms with van der Waals surface area (Å²) in [5.41, 5.74) is 2.62. The normalized spacial score (nSPS) is 25.8. The summed E-state index contributed by atoms with van der Waals surface area (Å²) in [5, 5.41) is 0. The Hall–Kier alpha value is -0.260. The number of rotatable bonds is 1. The minimum absolute atomic E-state index is 0.497. The predicted octanol–water partition coefficient (Wildman–Crippen LogP) is 4.37. The molecule has 0 N–H and O–H groups in total. The van der Waals surface area contributed by atoms with Crippen LogP contribution < -0.4 is 0 Å². The first-order chi connectivity index (χ1) is 5.85. The third-order valence-corrected chi connectivity index (χ3v) is 2.77. The number of hydrogen-bond acceptors (Lipinski definition) is 0. The molecule has 0 heterocycles. The molecule has 1 radical (unpaired) electrons. The van der Waals surface area contributed by atoms with E-state index in [1.54, 1.807) is 5.57 Å². The fraction of sp³-hybridized carbons (Fsp3) is 0.769. The Morgan fingerprint density at radius 2 is 1.46 bits per heavy atom.